The van der Waals surface area contributed by atoms with Gasteiger partial charge in [0.1, 0.15) is 6.10 Å². The van der Waals surface area contributed by atoms with Crippen LogP contribution in [0.3, 0.4) is 0 Å². The number of halogens is 1. The number of guanidine groups is 1. The lowest BCUT2D eigenvalue weighted by molar-refractivity contribution is -0.122. The van der Waals surface area contributed by atoms with E-state index >= 15 is 0 Å². The third kappa shape index (κ3) is 7.87. The minimum absolute atomic E-state index is 0.0893. The van der Waals surface area contributed by atoms with Crippen LogP contribution < -0.4 is 15.4 Å². The van der Waals surface area contributed by atoms with Crippen LogP contribution >= 0.6 is 0 Å². The molecule has 0 spiro atoms. The Morgan fingerprint density at radius 1 is 1.36 bits per heavy atom. The largest absolute Gasteiger partial charge is 0.486 e. The number of rotatable bonds is 6. The van der Waals surface area contributed by atoms with E-state index in [1.807, 2.05) is 27.7 Å². The van der Waals surface area contributed by atoms with E-state index in [0.717, 1.165) is 0 Å². The van der Waals surface area contributed by atoms with E-state index in [2.05, 4.69) is 15.6 Å². The van der Waals surface area contributed by atoms with Gasteiger partial charge < -0.3 is 20.3 Å². The van der Waals surface area contributed by atoms with Gasteiger partial charge in [0, 0.05) is 19.6 Å². The molecule has 6 nitrogen and oxygen atoms in total. The van der Waals surface area contributed by atoms with Gasteiger partial charge in [0.2, 0.25) is 5.91 Å². The molecule has 1 aromatic carbocycles. The van der Waals surface area contributed by atoms with E-state index in [-0.39, 0.29) is 29.8 Å². The Morgan fingerprint density at radius 3 is 2.56 bits per heavy atom. The molecular weight excluding hydrogens is 323 g/mol. The maximum absolute atomic E-state index is 13.6. The molecule has 1 aromatic rings. The first kappa shape index (κ1) is 20.7. The summed E-state index contributed by atoms with van der Waals surface area (Å²) in [6, 6.07) is 6.28. The van der Waals surface area contributed by atoms with Gasteiger partial charge in [-0.3, -0.25) is 9.79 Å². The summed E-state index contributed by atoms with van der Waals surface area (Å²) in [5.41, 5.74) is -0.281. The number of amides is 1. The second-order valence-electron chi connectivity index (χ2n) is 6.94. The highest BCUT2D eigenvalue weighted by atomic mass is 19.1. The molecule has 0 aliphatic rings. The Labute approximate surface area is 149 Å². The van der Waals surface area contributed by atoms with Crippen molar-refractivity contribution in [2.75, 3.05) is 27.2 Å². The average Bonchev–Trinajstić information content (AvgIpc) is 2.48. The number of benzene rings is 1. The fourth-order valence-electron chi connectivity index (χ4n) is 2.17. The normalized spacial score (nSPS) is 13.2. The van der Waals surface area contributed by atoms with Crippen LogP contribution in [0, 0.1) is 5.82 Å². The van der Waals surface area contributed by atoms with E-state index in [1.165, 1.54) is 6.07 Å². The predicted octanol–water partition coefficient (Wildman–Crippen LogP) is 2.01. The number of aliphatic imine (C=N–C) groups is 1. The maximum Gasteiger partial charge on any atom is 0.240 e. The van der Waals surface area contributed by atoms with Crippen molar-refractivity contribution in [1.29, 1.82) is 0 Å². The zero-order valence-corrected chi connectivity index (χ0v) is 15.9. The molecule has 0 radical (unpaired) electrons. The van der Waals surface area contributed by atoms with Crippen molar-refractivity contribution in [1.82, 2.24) is 15.5 Å². The van der Waals surface area contributed by atoms with Crippen LogP contribution in [0.25, 0.3) is 0 Å². The summed E-state index contributed by atoms with van der Waals surface area (Å²) in [6.07, 6.45) is -0.273. The molecule has 0 saturated carbocycles. The number of carbonyl (C=O) groups is 1. The molecule has 0 saturated heterocycles. The highest BCUT2D eigenvalue weighted by molar-refractivity contribution is 5.86. The highest BCUT2D eigenvalue weighted by Gasteiger charge is 2.17. The Bertz CT molecular complexity index is 599. The molecule has 1 rings (SSSR count). The molecule has 0 bridgehead atoms. The molecule has 25 heavy (non-hydrogen) atoms. The molecule has 0 fully saturated rings. The number of para-hydroxylation sites is 1. The summed E-state index contributed by atoms with van der Waals surface area (Å²) in [4.78, 5) is 17.9. The number of nitrogens with zero attached hydrogens (tertiary/aromatic N) is 2. The topological polar surface area (TPSA) is 66.0 Å². The summed E-state index contributed by atoms with van der Waals surface area (Å²) in [5, 5.41) is 6.03. The third-order valence-corrected chi connectivity index (χ3v) is 3.18. The Kier molecular flexibility index (Phi) is 7.67. The number of hydrogen-bond acceptors (Lipinski definition) is 3. The second kappa shape index (κ2) is 9.25. The Balaban J connectivity index is 2.50. The fraction of sp³-hybridized carbons (Fsp3) is 0.556. The summed E-state index contributed by atoms with van der Waals surface area (Å²) in [5.74, 6) is 0.293. The molecule has 7 heteroatoms. The smallest absolute Gasteiger partial charge is 0.240 e. The van der Waals surface area contributed by atoms with Gasteiger partial charge in [-0.2, -0.15) is 0 Å². The molecule has 1 unspecified atom stereocenters. The number of likely N-dealkylation sites (N-methyl/N-ethyl adjacent to an activating group) is 1. The lowest BCUT2D eigenvalue weighted by atomic mass is 10.1. The van der Waals surface area contributed by atoms with Crippen molar-refractivity contribution in [3.63, 3.8) is 0 Å². The average molecular weight is 352 g/mol. The van der Waals surface area contributed by atoms with Gasteiger partial charge in [-0.25, -0.2) is 4.39 Å². The Morgan fingerprint density at radius 2 is 2.00 bits per heavy atom. The van der Waals surface area contributed by atoms with Gasteiger partial charge in [0.15, 0.2) is 17.5 Å². The van der Waals surface area contributed by atoms with Crippen LogP contribution in [0.2, 0.25) is 0 Å². The van der Waals surface area contributed by atoms with Gasteiger partial charge in [0.05, 0.1) is 13.1 Å². The van der Waals surface area contributed by atoms with Gasteiger partial charge in [-0.05, 0) is 39.8 Å². The summed E-state index contributed by atoms with van der Waals surface area (Å²) < 4.78 is 19.2. The van der Waals surface area contributed by atoms with Gasteiger partial charge >= 0.3 is 0 Å². The van der Waals surface area contributed by atoms with E-state index in [9.17, 15) is 9.18 Å². The van der Waals surface area contributed by atoms with Crippen LogP contribution in [-0.4, -0.2) is 55.6 Å². The third-order valence-electron chi connectivity index (χ3n) is 3.18. The SMILES string of the molecule is CN=C(NCC(C)Oc1ccccc1F)N(C)CC(=O)NC(C)(C)C. The van der Waals surface area contributed by atoms with E-state index < -0.39 is 5.82 Å². The monoisotopic (exact) mass is 352 g/mol. The van der Waals surface area contributed by atoms with Crippen molar-refractivity contribution in [2.45, 2.75) is 39.3 Å². The zero-order chi connectivity index (χ0) is 19.0. The first-order chi connectivity index (χ1) is 11.6. The van der Waals surface area contributed by atoms with Crippen LogP contribution in [-0.2, 0) is 4.79 Å². The van der Waals surface area contributed by atoms with Gasteiger partial charge in [-0.15, -0.1) is 0 Å². The van der Waals surface area contributed by atoms with E-state index in [0.29, 0.717) is 12.5 Å². The number of carbonyl (C=O) groups excluding carboxylic acids is 1. The number of nitrogens with one attached hydrogen (secondary N) is 2. The minimum Gasteiger partial charge on any atom is -0.486 e. The summed E-state index contributed by atoms with van der Waals surface area (Å²) >= 11 is 0. The summed E-state index contributed by atoms with van der Waals surface area (Å²) in [6.45, 7) is 8.23. The molecule has 140 valence electrons. The van der Waals surface area contributed by atoms with Crippen LogP contribution in [0.4, 0.5) is 4.39 Å². The molecule has 0 aromatic heterocycles. The predicted molar refractivity (Wildman–Crippen MR) is 98.4 cm³/mol. The maximum atomic E-state index is 13.6. The highest BCUT2D eigenvalue weighted by Crippen LogP contribution is 2.16. The quantitative estimate of drug-likeness (QED) is 0.607. The fourth-order valence-corrected chi connectivity index (χ4v) is 2.17. The summed E-state index contributed by atoms with van der Waals surface area (Å²) in [7, 11) is 3.42. The van der Waals surface area contributed by atoms with E-state index in [4.69, 9.17) is 4.74 Å². The molecule has 0 heterocycles. The first-order valence-electron chi connectivity index (χ1n) is 8.26. The Hall–Kier alpha value is -2.31. The van der Waals surface area contributed by atoms with Crippen molar-refractivity contribution < 1.29 is 13.9 Å². The first-order valence-corrected chi connectivity index (χ1v) is 8.26. The van der Waals surface area contributed by atoms with E-state index in [1.54, 1.807) is 37.2 Å². The van der Waals surface area contributed by atoms with Crippen molar-refractivity contribution in [2.24, 2.45) is 4.99 Å². The molecule has 1 atom stereocenters. The zero-order valence-electron chi connectivity index (χ0n) is 15.9. The number of ether oxygens (including phenoxy) is 1. The van der Waals surface area contributed by atoms with Gasteiger partial charge in [-0.1, -0.05) is 12.1 Å². The lowest BCUT2D eigenvalue weighted by Crippen LogP contribution is -2.49. The van der Waals surface area contributed by atoms with Gasteiger partial charge in [0.25, 0.3) is 0 Å². The van der Waals surface area contributed by atoms with Crippen LogP contribution in [0.1, 0.15) is 27.7 Å². The molecule has 1 amide bonds. The van der Waals surface area contributed by atoms with Crippen molar-refractivity contribution in [3.05, 3.63) is 30.1 Å². The van der Waals surface area contributed by atoms with Crippen LogP contribution in [0.5, 0.6) is 5.75 Å². The standard InChI is InChI=1S/C18H29FN4O2/c1-13(25-15-10-8-7-9-14(15)19)11-21-17(20-5)23(6)12-16(24)22-18(2,3)4/h7-10,13H,11-12H2,1-6H3,(H,20,21)(H,22,24). The lowest BCUT2D eigenvalue weighted by Gasteiger charge is -2.26. The van der Waals surface area contributed by atoms with Crippen molar-refractivity contribution >= 4 is 11.9 Å². The molecule has 2 N–H and O–H groups in total. The van der Waals surface area contributed by atoms with Crippen molar-refractivity contribution in [3.8, 4) is 5.75 Å². The molecule has 0 aliphatic heterocycles. The molecule has 0 aliphatic carbocycles. The second-order valence-corrected chi connectivity index (χ2v) is 6.94. The number of hydrogen-bond donors (Lipinski definition) is 2. The minimum atomic E-state index is -0.394. The molecular formula is C18H29FN4O2. The van der Waals surface area contributed by atoms with Crippen LogP contribution in [0.15, 0.2) is 29.3 Å².